The van der Waals surface area contributed by atoms with Crippen molar-refractivity contribution in [2.45, 2.75) is 31.2 Å². The van der Waals surface area contributed by atoms with Crippen molar-refractivity contribution in [2.24, 2.45) is 4.99 Å². The van der Waals surface area contributed by atoms with E-state index in [0.717, 1.165) is 29.0 Å². The number of hydrogen-bond donors (Lipinski definition) is 0. The number of rotatable bonds is 6. The van der Waals surface area contributed by atoms with Crippen molar-refractivity contribution in [2.75, 3.05) is 5.75 Å². The summed E-state index contributed by atoms with van der Waals surface area (Å²) in [6.07, 6.45) is 5.31. The van der Waals surface area contributed by atoms with Gasteiger partial charge in [0.25, 0.3) is 0 Å². The van der Waals surface area contributed by atoms with E-state index < -0.39 is 27.4 Å². The molecule has 156 valence electrons. The van der Waals surface area contributed by atoms with Crippen LogP contribution in [-0.2, 0) is 21.2 Å². The minimum absolute atomic E-state index is 0.0452. The molecule has 5 nitrogen and oxygen atoms in total. The van der Waals surface area contributed by atoms with Crippen molar-refractivity contribution in [3.8, 4) is 12.3 Å². The van der Waals surface area contributed by atoms with E-state index >= 15 is 0 Å². The predicted molar refractivity (Wildman–Crippen MR) is 112 cm³/mol. The molecule has 0 atom stereocenters. The lowest BCUT2D eigenvalue weighted by Crippen LogP contribution is -2.17. The number of fused-ring (bicyclic) bond motifs is 1. The Kier molecular flexibility index (Phi) is 6.48. The standard InChI is InChI=1S/C21H18F2N2O3S2/c1-3-10-25-20-17(23)12-15(22)13-18(20)29-21(25)24-19(26)5-4-11-30(27,28)16-8-6-14(2)7-9-16/h1,6-9,12-13H,4-5,10-11H2,2H3. The fourth-order valence-corrected chi connectivity index (χ4v) is 5.29. The fraction of sp³-hybridized carbons (Fsp3) is 0.238. The highest BCUT2D eigenvalue weighted by Gasteiger charge is 2.16. The van der Waals surface area contributed by atoms with Gasteiger partial charge in [-0.1, -0.05) is 35.0 Å². The van der Waals surface area contributed by atoms with Crippen LogP contribution in [0.1, 0.15) is 18.4 Å². The third-order valence-corrected chi connectivity index (χ3v) is 7.19. The van der Waals surface area contributed by atoms with Crippen LogP contribution in [-0.4, -0.2) is 24.6 Å². The Hall–Kier alpha value is -2.83. The third kappa shape index (κ3) is 4.83. The summed E-state index contributed by atoms with van der Waals surface area (Å²) in [7, 11) is -3.51. The minimum atomic E-state index is -3.51. The molecule has 0 saturated heterocycles. The predicted octanol–water partition coefficient (Wildman–Crippen LogP) is 3.60. The Morgan fingerprint density at radius 3 is 2.60 bits per heavy atom. The van der Waals surface area contributed by atoms with Crippen LogP contribution in [0.4, 0.5) is 8.78 Å². The van der Waals surface area contributed by atoms with Crippen molar-refractivity contribution in [3.63, 3.8) is 0 Å². The second-order valence-corrected chi connectivity index (χ2v) is 9.77. The molecule has 0 radical (unpaired) electrons. The molecule has 0 unspecified atom stereocenters. The first-order valence-electron chi connectivity index (χ1n) is 9.00. The normalized spacial score (nSPS) is 12.3. The number of nitrogens with zero attached hydrogens (tertiary/aromatic N) is 2. The highest BCUT2D eigenvalue weighted by molar-refractivity contribution is 7.91. The number of thiazole rings is 1. The largest absolute Gasteiger partial charge is 0.302 e. The van der Waals surface area contributed by atoms with Gasteiger partial charge in [0.2, 0.25) is 5.91 Å². The summed E-state index contributed by atoms with van der Waals surface area (Å²) < 4.78 is 54.0. The molecule has 0 aliphatic rings. The zero-order valence-electron chi connectivity index (χ0n) is 16.1. The van der Waals surface area contributed by atoms with Gasteiger partial charge in [-0.05, 0) is 31.5 Å². The van der Waals surface area contributed by atoms with Gasteiger partial charge >= 0.3 is 0 Å². The van der Waals surface area contributed by atoms with Gasteiger partial charge < -0.3 is 4.57 Å². The van der Waals surface area contributed by atoms with Gasteiger partial charge in [-0.15, -0.1) is 6.42 Å². The molecule has 2 aromatic carbocycles. The third-order valence-electron chi connectivity index (χ3n) is 4.35. The average molecular weight is 449 g/mol. The van der Waals surface area contributed by atoms with Crippen molar-refractivity contribution in [3.05, 3.63) is 58.4 Å². The maximum Gasteiger partial charge on any atom is 0.248 e. The molecular weight excluding hydrogens is 430 g/mol. The van der Waals surface area contributed by atoms with E-state index in [-0.39, 0.29) is 45.1 Å². The maximum atomic E-state index is 14.2. The van der Waals surface area contributed by atoms with Gasteiger partial charge in [-0.3, -0.25) is 4.79 Å². The van der Waals surface area contributed by atoms with Crippen molar-refractivity contribution >= 4 is 37.3 Å². The van der Waals surface area contributed by atoms with Crippen LogP contribution in [0.2, 0.25) is 0 Å². The van der Waals surface area contributed by atoms with Crippen LogP contribution in [0, 0.1) is 30.9 Å². The molecule has 30 heavy (non-hydrogen) atoms. The van der Waals surface area contributed by atoms with Crippen molar-refractivity contribution in [1.82, 2.24) is 4.57 Å². The molecule has 1 amide bonds. The van der Waals surface area contributed by atoms with Gasteiger partial charge in [0.1, 0.15) is 5.82 Å². The molecule has 0 aliphatic carbocycles. The quantitative estimate of drug-likeness (QED) is 0.541. The topological polar surface area (TPSA) is 68.5 Å². The summed E-state index contributed by atoms with van der Waals surface area (Å²) in [4.78, 5) is 16.6. The number of aryl methyl sites for hydroxylation is 1. The highest BCUT2D eigenvalue weighted by atomic mass is 32.2. The zero-order valence-corrected chi connectivity index (χ0v) is 17.7. The summed E-state index contributed by atoms with van der Waals surface area (Å²) in [5, 5.41) is 0. The maximum absolute atomic E-state index is 14.2. The summed E-state index contributed by atoms with van der Waals surface area (Å²) in [6, 6.07) is 8.37. The number of benzene rings is 2. The molecule has 0 bridgehead atoms. The molecule has 0 fully saturated rings. The molecule has 0 N–H and O–H groups in total. The number of carbonyl (C=O) groups is 1. The van der Waals surface area contributed by atoms with E-state index in [1.165, 1.54) is 16.7 Å². The van der Waals surface area contributed by atoms with Crippen LogP contribution in [0.5, 0.6) is 0 Å². The summed E-state index contributed by atoms with van der Waals surface area (Å²) in [5.74, 6) is 0.0594. The molecule has 3 rings (SSSR count). The van der Waals surface area contributed by atoms with Gasteiger partial charge in [0, 0.05) is 12.5 Å². The Bertz CT molecular complexity index is 1320. The molecule has 9 heteroatoms. The molecule has 0 aliphatic heterocycles. The lowest BCUT2D eigenvalue weighted by molar-refractivity contribution is -0.118. The van der Waals surface area contributed by atoms with Crippen LogP contribution in [0.25, 0.3) is 10.2 Å². The number of hydrogen-bond acceptors (Lipinski definition) is 4. The van der Waals surface area contributed by atoms with Crippen LogP contribution in [0.3, 0.4) is 0 Å². The number of sulfone groups is 1. The number of halogens is 2. The SMILES string of the molecule is C#CCn1c(=NC(=O)CCCS(=O)(=O)c2ccc(C)cc2)sc2cc(F)cc(F)c21. The first-order valence-corrected chi connectivity index (χ1v) is 11.5. The summed E-state index contributed by atoms with van der Waals surface area (Å²) in [6.45, 7) is 1.81. The molecular formula is C21H18F2N2O3S2. The first-order chi connectivity index (χ1) is 14.2. The molecule has 1 aromatic heterocycles. The highest BCUT2D eigenvalue weighted by Crippen LogP contribution is 2.22. The second-order valence-electron chi connectivity index (χ2n) is 6.65. The van der Waals surface area contributed by atoms with Crippen LogP contribution < -0.4 is 4.80 Å². The van der Waals surface area contributed by atoms with Crippen molar-refractivity contribution in [1.29, 1.82) is 0 Å². The van der Waals surface area contributed by atoms with Gasteiger partial charge in [0.05, 0.1) is 27.4 Å². The van der Waals surface area contributed by atoms with E-state index in [2.05, 4.69) is 10.9 Å². The number of amides is 1. The van der Waals surface area contributed by atoms with Gasteiger partial charge in [-0.25, -0.2) is 17.2 Å². The molecule has 0 spiro atoms. The molecule has 3 aromatic rings. The lowest BCUT2D eigenvalue weighted by Gasteiger charge is -2.04. The summed E-state index contributed by atoms with van der Waals surface area (Å²) in [5.41, 5.74) is 1.02. The Balaban J connectivity index is 1.79. The van der Waals surface area contributed by atoms with E-state index in [9.17, 15) is 22.0 Å². The lowest BCUT2D eigenvalue weighted by atomic mass is 10.2. The molecule has 1 heterocycles. The van der Waals surface area contributed by atoms with Crippen molar-refractivity contribution < 1.29 is 22.0 Å². The molecule has 0 saturated carbocycles. The van der Waals surface area contributed by atoms with Crippen LogP contribution >= 0.6 is 11.3 Å². The number of aromatic nitrogens is 1. The van der Waals surface area contributed by atoms with Gasteiger partial charge in [0.15, 0.2) is 20.5 Å². The van der Waals surface area contributed by atoms with Gasteiger partial charge in [-0.2, -0.15) is 4.99 Å². The Labute approximate surface area is 176 Å². The fourth-order valence-electron chi connectivity index (χ4n) is 2.89. The Morgan fingerprint density at radius 1 is 1.23 bits per heavy atom. The second kappa shape index (κ2) is 8.90. The first kappa shape index (κ1) is 21.9. The zero-order chi connectivity index (χ0) is 21.9. The minimum Gasteiger partial charge on any atom is -0.302 e. The van der Waals surface area contributed by atoms with E-state index in [4.69, 9.17) is 6.42 Å². The monoisotopic (exact) mass is 448 g/mol. The van der Waals surface area contributed by atoms with E-state index in [1.54, 1.807) is 12.1 Å². The number of terminal acetylenes is 1. The van der Waals surface area contributed by atoms with Crippen LogP contribution in [0.15, 0.2) is 46.3 Å². The smallest absolute Gasteiger partial charge is 0.248 e. The van der Waals surface area contributed by atoms with E-state index in [0.29, 0.717) is 0 Å². The average Bonchev–Trinajstić information content (AvgIpc) is 2.99. The summed E-state index contributed by atoms with van der Waals surface area (Å²) >= 11 is 0.939. The Morgan fingerprint density at radius 2 is 1.93 bits per heavy atom. The van der Waals surface area contributed by atoms with E-state index in [1.807, 2.05) is 6.92 Å². The number of carbonyl (C=O) groups excluding carboxylic acids is 1.